The molecule has 0 aromatic heterocycles. The van der Waals surface area contributed by atoms with E-state index in [4.69, 9.17) is 23.1 Å². The fourth-order valence-electron chi connectivity index (χ4n) is 2.40. The molecule has 2 rings (SSSR count). The van der Waals surface area contributed by atoms with E-state index < -0.39 is 0 Å². The summed E-state index contributed by atoms with van der Waals surface area (Å²) in [6.07, 6.45) is 0. The van der Waals surface area contributed by atoms with Crippen LogP contribution in [-0.4, -0.2) is 18.5 Å². The van der Waals surface area contributed by atoms with E-state index in [2.05, 4.69) is 40.4 Å². The number of aliphatic imine (C=N–C) groups is 1. The van der Waals surface area contributed by atoms with Crippen molar-refractivity contribution >= 4 is 35.2 Å². The highest BCUT2D eigenvalue weighted by Crippen LogP contribution is 2.15. The van der Waals surface area contributed by atoms with Gasteiger partial charge in [0.1, 0.15) is 0 Å². The van der Waals surface area contributed by atoms with Gasteiger partial charge in [0.2, 0.25) is 0 Å². The normalized spacial score (nSPS) is 11.4. The minimum Gasteiger partial charge on any atom is -0.383 e. The first-order chi connectivity index (χ1) is 14.3. The van der Waals surface area contributed by atoms with Crippen LogP contribution >= 0.6 is 23.5 Å². The van der Waals surface area contributed by atoms with Crippen LogP contribution in [0.4, 0.5) is 5.69 Å². The molecule has 0 heterocycles. The van der Waals surface area contributed by atoms with Gasteiger partial charge < -0.3 is 22.1 Å². The molecule has 0 fully saturated rings. The molecular weight excluding hydrogens is 416 g/mol. The SMILES string of the molecule is C=C(CNC(=C)C(C)NSCc1ccc(Cl)cc1)NCc1ccc(N=C(N)N)cc1. The molecule has 0 bridgehead atoms. The zero-order valence-corrected chi connectivity index (χ0v) is 18.7. The topological polar surface area (TPSA) is 100 Å². The van der Waals surface area contributed by atoms with Gasteiger partial charge in [-0.2, -0.15) is 0 Å². The molecule has 0 saturated heterocycles. The van der Waals surface area contributed by atoms with E-state index in [9.17, 15) is 0 Å². The van der Waals surface area contributed by atoms with E-state index >= 15 is 0 Å². The van der Waals surface area contributed by atoms with E-state index in [1.807, 2.05) is 48.5 Å². The van der Waals surface area contributed by atoms with E-state index in [1.165, 1.54) is 5.56 Å². The third-order valence-corrected chi connectivity index (χ3v) is 5.45. The molecule has 0 aliphatic rings. The number of nitrogens with zero attached hydrogens (tertiary/aromatic N) is 1. The second-order valence-electron chi connectivity index (χ2n) is 6.79. The molecule has 7 N–H and O–H groups in total. The zero-order valence-electron chi connectivity index (χ0n) is 17.1. The maximum atomic E-state index is 5.91. The Bertz CT molecular complexity index is 860. The third kappa shape index (κ3) is 8.82. The minimum absolute atomic E-state index is 0.0488. The van der Waals surface area contributed by atoms with Crippen LogP contribution < -0.4 is 26.8 Å². The summed E-state index contributed by atoms with van der Waals surface area (Å²) < 4.78 is 3.39. The number of rotatable bonds is 12. The largest absolute Gasteiger partial charge is 0.383 e. The summed E-state index contributed by atoms with van der Waals surface area (Å²) in [4.78, 5) is 4.00. The molecule has 0 spiro atoms. The molecule has 0 aliphatic carbocycles. The fourth-order valence-corrected chi connectivity index (χ4v) is 3.36. The first-order valence-corrected chi connectivity index (χ1v) is 10.8. The van der Waals surface area contributed by atoms with Gasteiger partial charge in [-0.05, 0) is 42.3 Å². The molecule has 0 radical (unpaired) electrons. The number of guanidine groups is 1. The Hall–Kier alpha value is -2.61. The number of benzene rings is 2. The van der Waals surface area contributed by atoms with Crippen molar-refractivity contribution in [1.29, 1.82) is 0 Å². The van der Waals surface area contributed by atoms with Crippen molar-refractivity contribution in [3.05, 3.63) is 89.2 Å². The van der Waals surface area contributed by atoms with Crippen molar-refractivity contribution in [2.24, 2.45) is 16.5 Å². The molecule has 0 amide bonds. The third-order valence-electron chi connectivity index (χ3n) is 4.20. The van der Waals surface area contributed by atoms with Gasteiger partial charge in [-0.3, -0.25) is 4.72 Å². The van der Waals surface area contributed by atoms with Crippen LogP contribution in [0.1, 0.15) is 18.1 Å². The Morgan fingerprint density at radius 1 is 1.03 bits per heavy atom. The Kier molecular flexibility index (Phi) is 9.60. The average molecular weight is 445 g/mol. The summed E-state index contributed by atoms with van der Waals surface area (Å²) in [5, 5.41) is 7.36. The van der Waals surface area contributed by atoms with Gasteiger partial charge in [0.05, 0.1) is 18.3 Å². The number of hydrogen-bond acceptors (Lipinski definition) is 5. The van der Waals surface area contributed by atoms with Crippen molar-refractivity contribution < 1.29 is 0 Å². The smallest absolute Gasteiger partial charge is 0.191 e. The first kappa shape index (κ1) is 23.7. The van der Waals surface area contributed by atoms with E-state index in [1.54, 1.807) is 11.9 Å². The van der Waals surface area contributed by atoms with Crippen LogP contribution in [0.2, 0.25) is 5.02 Å². The van der Waals surface area contributed by atoms with Crippen molar-refractivity contribution in [3.8, 4) is 0 Å². The lowest BCUT2D eigenvalue weighted by Crippen LogP contribution is -2.32. The van der Waals surface area contributed by atoms with Gasteiger partial charge in [-0.1, -0.05) is 61.0 Å². The molecule has 0 saturated carbocycles. The predicted molar refractivity (Wildman–Crippen MR) is 130 cm³/mol. The number of halogens is 1. The van der Waals surface area contributed by atoms with Crippen molar-refractivity contribution in [1.82, 2.24) is 15.4 Å². The molecule has 1 unspecified atom stereocenters. The number of nitrogens with one attached hydrogen (secondary N) is 3. The lowest BCUT2D eigenvalue weighted by molar-refractivity contribution is 0.678. The van der Waals surface area contributed by atoms with Crippen LogP contribution in [0, 0.1) is 0 Å². The molecule has 160 valence electrons. The summed E-state index contributed by atoms with van der Waals surface area (Å²) in [7, 11) is 0. The highest BCUT2D eigenvalue weighted by molar-refractivity contribution is 7.96. The summed E-state index contributed by atoms with van der Waals surface area (Å²) >= 11 is 7.55. The second kappa shape index (κ2) is 12.2. The van der Waals surface area contributed by atoms with Gasteiger partial charge in [0.25, 0.3) is 0 Å². The predicted octanol–water partition coefficient (Wildman–Crippen LogP) is 3.78. The molecule has 30 heavy (non-hydrogen) atoms. The van der Waals surface area contributed by atoms with E-state index in [-0.39, 0.29) is 12.0 Å². The first-order valence-electron chi connectivity index (χ1n) is 9.48. The molecule has 2 aromatic carbocycles. The van der Waals surface area contributed by atoms with Gasteiger partial charge in [0.15, 0.2) is 5.96 Å². The molecular formula is C22H29ClN6S. The number of nitrogens with two attached hydrogens (primary N) is 2. The Labute approximate surface area is 188 Å². The molecule has 8 heteroatoms. The fraction of sp³-hybridized carbons (Fsp3) is 0.227. The van der Waals surface area contributed by atoms with Crippen LogP contribution in [0.3, 0.4) is 0 Å². The summed E-state index contributed by atoms with van der Waals surface area (Å²) in [6.45, 7) is 11.5. The van der Waals surface area contributed by atoms with Gasteiger partial charge in [-0.15, -0.1) is 0 Å². The lowest BCUT2D eigenvalue weighted by atomic mass is 10.2. The minimum atomic E-state index is 0.0488. The molecule has 2 aromatic rings. The maximum absolute atomic E-state index is 5.91. The van der Waals surface area contributed by atoms with Gasteiger partial charge in [-0.25, -0.2) is 4.99 Å². The Morgan fingerprint density at radius 2 is 1.67 bits per heavy atom. The average Bonchev–Trinajstić information content (AvgIpc) is 2.72. The van der Waals surface area contributed by atoms with Crippen LogP contribution in [0.5, 0.6) is 0 Å². The Balaban J connectivity index is 1.65. The van der Waals surface area contributed by atoms with Crippen LogP contribution in [0.15, 0.2) is 78.1 Å². The molecule has 0 aliphatic heterocycles. The van der Waals surface area contributed by atoms with Crippen LogP contribution in [-0.2, 0) is 12.3 Å². The summed E-state index contributed by atoms with van der Waals surface area (Å²) in [5.41, 5.74) is 15.6. The summed E-state index contributed by atoms with van der Waals surface area (Å²) in [5.74, 6) is 0.901. The lowest BCUT2D eigenvalue weighted by Gasteiger charge is -2.19. The molecule has 1 atom stereocenters. The number of hydrogen-bond donors (Lipinski definition) is 5. The highest BCUT2D eigenvalue weighted by atomic mass is 35.5. The van der Waals surface area contributed by atoms with Gasteiger partial charge in [0, 0.05) is 28.7 Å². The van der Waals surface area contributed by atoms with E-state index in [0.29, 0.717) is 13.1 Å². The highest BCUT2D eigenvalue weighted by Gasteiger charge is 2.06. The van der Waals surface area contributed by atoms with Gasteiger partial charge >= 0.3 is 0 Å². The van der Waals surface area contributed by atoms with Crippen molar-refractivity contribution in [2.45, 2.75) is 25.3 Å². The second-order valence-corrected chi connectivity index (χ2v) is 8.04. The van der Waals surface area contributed by atoms with E-state index in [0.717, 1.165) is 33.4 Å². The maximum Gasteiger partial charge on any atom is 0.191 e. The summed E-state index contributed by atoms with van der Waals surface area (Å²) in [6, 6.07) is 15.6. The van der Waals surface area contributed by atoms with Crippen molar-refractivity contribution in [2.75, 3.05) is 6.54 Å². The Morgan fingerprint density at radius 3 is 2.30 bits per heavy atom. The monoisotopic (exact) mass is 444 g/mol. The molecule has 6 nitrogen and oxygen atoms in total. The van der Waals surface area contributed by atoms with Crippen LogP contribution in [0.25, 0.3) is 0 Å². The quantitative estimate of drug-likeness (QED) is 0.194. The zero-order chi connectivity index (χ0) is 21.9. The van der Waals surface area contributed by atoms with Crippen molar-refractivity contribution in [3.63, 3.8) is 0 Å². The standard InChI is InChI=1S/C22H29ClN6S/c1-15(26-13-18-6-10-21(11-7-18)28-22(24)25)12-27-16(2)17(3)29-30-14-19-4-8-20(23)9-5-19/h4-11,17,26-27,29H,1-2,12-14H2,3H3,(H4,24,25,28).